The maximum atomic E-state index is 11.4. The van der Waals surface area contributed by atoms with E-state index in [0.29, 0.717) is 12.8 Å². The highest BCUT2D eigenvalue weighted by Crippen LogP contribution is 2.59. The van der Waals surface area contributed by atoms with Crippen molar-refractivity contribution in [2.45, 2.75) is 19.8 Å². The normalized spacial score (nSPS) is 38.3. The summed E-state index contributed by atoms with van der Waals surface area (Å²) in [7, 11) is 0. The first-order chi connectivity index (χ1) is 7.87. The molecule has 2 aliphatic carbocycles. The average Bonchev–Trinajstić information content (AvgIpc) is 2.69. The number of hydrogen-bond donors (Lipinski definition) is 2. The Labute approximate surface area is 99.6 Å². The summed E-state index contributed by atoms with van der Waals surface area (Å²) in [4.78, 5) is 22.6. The molecule has 0 heterocycles. The number of hydrogen-bond acceptors (Lipinski definition) is 2. The number of rotatable bonds is 4. The van der Waals surface area contributed by atoms with Crippen molar-refractivity contribution in [2.24, 2.45) is 23.2 Å². The van der Waals surface area contributed by atoms with Crippen molar-refractivity contribution in [3.8, 4) is 0 Å². The number of carboxylic acid groups (broad SMARTS) is 2. The van der Waals surface area contributed by atoms with Gasteiger partial charge in [0.2, 0.25) is 0 Å². The minimum Gasteiger partial charge on any atom is -0.481 e. The Hall–Kier alpha value is -1.58. The van der Waals surface area contributed by atoms with E-state index < -0.39 is 29.2 Å². The summed E-state index contributed by atoms with van der Waals surface area (Å²) >= 11 is 0. The molecule has 0 aromatic carbocycles. The first-order valence-electron chi connectivity index (χ1n) is 5.67. The molecular formula is C13H16O4. The predicted octanol–water partition coefficient (Wildman–Crippen LogP) is 1.93. The van der Waals surface area contributed by atoms with E-state index in [1.165, 1.54) is 0 Å². The highest BCUT2D eigenvalue weighted by molar-refractivity contribution is 5.83. The Morgan fingerprint density at radius 1 is 1.41 bits per heavy atom. The Morgan fingerprint density at radius 2 is 2.06 bits per heavy atom. The molecule has 0 saturated heterocycles. The smallest absolute Gasteiger partial charge is 0.308 e. The Bertz CT molecular complexity index is 423. The van der Waals surface area contributed by atoms with E-state index in [4.69, 9.17) is 0 Å². The number of allylic oxidation sites excluding steroid dienone is 3. The molecule has 0 aromatic rings. The molecule has 0 radical (unpaired) electrons. The maximum Gasteiger partial charge on any atom is 0.308 e. The third-order valence-electron chi connectivity index (χ3n) is 3.91. The second-order valence-corrected chi connectivity index (χ2v) is 5.27. The number of fused-ring (bicyclic) bond motifs is 2. The second kappa shape index (κ2) is 3.72. The van der Waals surface area contributed by atoms with Crippen LogP contribution >= 0.6 is 0 Å². The second-order valence-electron chi connectivity index (χ2n) is 5.27. The van der Waals surface area contributed by atoms with Gasteiger partial charge in [0.1, 0.15) is 0 Å². The van der Waals surface area contributed by atoms with Gasteiger partial charge >= 0.3 is 11.9 Å². The van der Waals surface area contributed by atoms with Crippen LogP contribution in [0.4, 0.5) is 0 Å². The molecule has 4 unspecified atom stereocenters. The lowest BCUT2D eigenvalue weighted by molar-refractivity contribution is -0.156. The molecule has 0 aliphatic heterocycles. The van der Waals surface area contributed by atoms with Crippen molar-refractivity contribution in [3.05, 3.63) is 24.3 Å². The molecule has 1 fully saturated rings. The van der Waals surface area contributed by atoms with Crippen molar-refractivity contribution in [1.29, 1.82) is 0 Å². The number of carboxylic acids is 2. The van der Waals surface area contributed by atoms with E-state index in [0.717, 1.165) is 5.57 Å². The third kappa shape index (κ3) is 1.68. The average molecular weight is 236 g/mol. The SMILES string of the molecule is C=C(C)CC12C=CC(C1)C(C(=O)O)C2C(=O)O. The van der Waals surface area contributed by atoms with E-state index in [-0.39, 0.29) is 5.92 Å². The summed E-state index contributed by atoms with van der Waals surface area (Å²) in [6, 6.07) is 0. The van der Waals surface area contributed by atoms with Gasteiger partial charge in [0, 0.05) is 5.41 Å². The van der Waals surface area contributed by atoms with Gasteiger partial charge in [-0.1, -0.05) is 17.7 Å². The fourth-order valence-electron chi connectivity index (χ4n) is 3.50. The van der Waals surface area contributed by atoms with Crippen LogP contribution in [0.2, 0.25) is 0 Å². The molecule has 1 saturated carbocycles. The van der Waals surface area contributed by atoms with Crippen molar-refractivity contribution in [3.63, 3.8) is 0 Å². The summed E-state index contributed by atoms with van der Waals surface area (Å²) in [5.74, 6) is -3.78. The largest absolute Gasteiger partial charge is 0.481 e. The van der Waals surface area contributed by atoms with Crippen LogP contribution in [0.5, 0.6) is 0 Å². The lowest BCUT2D eigenvalue weighted by Crippen LogP contribution is -2.38. The van der Waals surface area contributed by atoms with Crippen LogP contribution in [0.25, 0.3) is 0 Å². The van der Waals surface area contributed by atoms with Crippen LogP contribution in [0.15, 0.2) is 24.3 Å². The van der Waals surface area contributed by atoms with Crippen molar-refractivity contribution in [2.75, 3.05) is 0 Å². The van der Waals surface area contributed by atoms with Crippen LogP contribution in [0, 0.1) is 23.2 Å². The Balaban J connectivity index is 2.40. The molecule has 2 rings (SSSR count). The van der Waals surface area contributed by atoms with Crippen molar-refractivity contribution in [1.82, 2.24) is 0 Å². The van der Waals surface area contributed by atoms with Gasteiger partial charge in [-0.05, 0) is 25.7 Å². The quantitative estimate of drug-likeness (QED) is 0.731. The Kier molecular flexibility index (Phi) is 2.60. The topological polar surface area (TPSA) is 74.6 Å². The zero-order chi connectivity index (χ0) is 12.8. The zero-order valence-electron chi connectivity index (χ0n) is 9.72. The molecule has 4 nitrogen and oxygen atoms in total. The molecule has 0 amide bonds. The van der Waals surface area contributed by atoms with Gasteiger partial charge in [-0.2, -0.15) is 0 Å². The van der Waals surface area contributed by atoms with Gasteiger partial charge in [0.25, 0.3) is 0 Å². The predicted molar refractivity (Wildman–Crippen MR) is 61.4 cm³/mol. The molecular weight excluding hydrogens is 220 g/mol. The van der Waals surface area contributed by atoms with E-state index in [1.807, 2.05) is 19.1 Å². The summed E-state index contributed by atoms with van der Waals surface area (Å²) in [5.41, 5.74) is 0.360. The number of aliphatic carboxylic acids is 2. The van der Waals surface area contributed by atoms with Crippen molar-refractivity contribution < 1.29 is 19.8 Å². The molecule has 4 heteroatoms. The van der Waals surface area contributed by atoms with Gasteiger partial charge in [-0.3, -0.25) is 9.59 Å². The molecule has 2 N–H and O–H groups in total. The first-order valence-corrected chi connectivity index (χ1v) is 5.67. The van der Waals surface area contributed by atoms with Crippen LogP contribution in [-0.2, 0) is 9.59 Å². The van der Waals surface area contributed by atoms with E-state index in [9.17, 15) is 19.8 Å². The molecule has 0 spiro atoms. The van der Waals surface area contributed by atoms with Gasteiger partial charge in [0.05, 0.1) is 11.8 Å². The van der Waals surface area contributed by atoms with Crippen LogP contribution in [0.1, 0.15) is 19.8 Å². The van der Waals surface area contributed by atoms with Gasteiger partial charge in [-0.15, -0.1) is 6.58 Å². The molecule has 4 atom stereocenters. The molecule has 17 heavy (non-hydrogen) atoms. The van der Waals surface area contributed by atoms with E-state index in [1.54, 1.807) is 0 Å². The van der Waals surface area contributed by atoms with Crippen molar-refractivity contribution >= 4 is 11.9 Å². The highest BCUT2D eigenvalue weighted by Gasteiger charge is 2.60. The minimum atomic E-state index is -1.01. The highest BCUT2D eigenvalue weighted by atomic mass is 16.4. The molecule has 2 aliphatic rings. The summed E-state index contributed by atoms with van der Waals surface area (Å²) in [6.07, 6.45) is 4.93. The van der Waals surface area contributed by atoms with Gasteiger partial charge in [-0.25, -0.2) is 0 Å². The molecule has 2 bridgehead atoms. The summed E-state index contributed by atoms with van der Waals surface area (Å²) in [6.45, 7) is 5.67. The van der Waals surface area contributed by atoms with Gasteiger partial charge < -0.3 is 10.2 Å². The fourth-order valence-corrected chi connectivity index (χ4v) is 3.50. The fraction of sp³-hybridized carbons (Fsp3) is 0.538. The lowest BCUT2D eigenvalue weighted by Gasteiger charge is -2.32. The van der Waals surface area contributed by atoms with Crippen LogP contribution in [0.3, 0.4) is 0 Å². The zero-order valence-corrected chi connectivity index (χ0v) is 9.72. The third-order valence-corrected chi connectivity index (χ3v) is 3.91. The van der Waals surface area contributed by atoms with Crippen LogP contribution in [-0.4, -0.2) is 22.2 Å². The van der Waals surface area contributed by atoms with E-state index >= 15 is 0 Å². The van der Waals surface area contributed by atoms with E-state index in [2.05, 4.69) is 6.58 Å². The maximum absolute atomic E-state index is 11.4. The first kappa shape index (κ1) is 11.9. The molecule has 0 aromatic heterocycles. The number of carbonyl (C=O) groups is 2. The summed E-state index contributed by atoms with van der Waals surface area (Å²) < 4.78 is 0. The molecule has 92 valence electrons. The minimum absolute atomic E-state index is 0.145. The van der Waals surface area contributed by atoms with Gasteiger partial charge in [0.15, 0.2) is 0 Å². The lowest BCUT2D eigenvalue weighted by atomic mass is 9.70. The monoisotopic (exact) mass is 236 g/mol. The summed E-state index contributed by atoms with van der Waals surface area (Å²) in [5, 5.41) is 18.5. The standard InChI is InChI=1S/C13H16O4/c1-7(2)5-13-4-3-8(6-13)9(11(14)15)10(13)12(16)17/h3-4,8-10H,1,5-6H2,2H3,(H,14,15)(H,16,17). The van der Waals surface area contributed by atoms with Crippen LogP contribution < -0.4 is 0 Å². The Morgan fingerprint density at radius 3 is 2.53 bits per heavy atom.